The second-order valence-electron chi connectivity index (χ2n) is 6.93. The summed E-state index contributed by atoms with van der Waals surface area (Å²) in [6.45, 7) is 0.540. The summed E-state index contributed by atoms with van der Waals surface area (Å²) in [5, 5.41) is 11.0. The van der Waals surface area contributed by atoms with Gasteiger partial charge in [-0.05, 0) is 6.07 Å². The van der Waals surface area contributed by atoms with E-state index in [1.165, 1.54) is 28.3 Å². The number of fused-ring (bicyclic) bond motifs is 1. The highest BCUT2D eigenvalue weighted by Gasteiger charge is 2.36. The van der Waals surface area contributed by atoms with Gasteiger partial charge in [0, 0.05) is 44.6 Å². The van der Waals surface area contributed by atoms with Gasteiger partial charge in [0.25, 0.3) is 0 Å². The third kappa shape index (κ3) is 3.77. The number of ether oxygens (including phenoxy) is 2. The van der Waals surface area contributed by atoms with Crippen molar-refractivity contribution in [2.45, 2.75) is 6.10 Å². The largest absolute Gasteiger partial charge is 0.493 e. The van der Waals surface area contributed by atoms with Crippen molar-refractivity contribution in [2.24, 2.45) is 5.92 Å². The van der Waals surface area contributed by atoms with Crippen LogP contribution in [0.15, 0.2) is 12.1 Å². The standard InChI is InChI=1S/C17H25N5O5S/c1-21(2)28(24,25)9-10-7-22(8-13(10)23)17-19-12-6-15(27-4)14(26-3)5-11(12)16(18)20-17/h5-6,10,13,23H,7-9H2,1-4H3,(H2,18,19,20)/t10-,13+/m0/s1. The third-order valence-electron chi connectivity index (χ3n) is 4.89. The molecule has 0 unspecified atom stereocenters. The Balaban J connectivity index is 1.92. The van der Waals surface area contributed by atoms with E-state index in [2.05, 4.69) is 9.97 Å². The van der Waals surface area contributed by atoms with E-state index in [0.717, 1.165) is 4.31 Å². The van der Waals surface area contributed by atoms with Crippen molar-refractivity contribution in [2.75, 3.05) is 57.8 Å². The summed E-state index contributed by atoms with van der Waals surface area (Å²) in [6, 6.07) is 3.41. The number of nitrogen functional groups attached to an aromatic ring is 1. The van der Waals surface area contributed by atoms with Crippen LogP contribution < -0.4 is 20.1 Å². The van der Waals surface area contributed by atoms with E-state index < -0.39 is 22.0 Å². The molecule has 154 valence electrons. The van der Waals surface area contributed by atoms with E-state index in [4.69, 9.17) is 15.2 Å². The predicted molar refractivity (Wildman–Crippen MR) is 106 cm³/mol. The van der Waals surface area contributed by atoms with Crippen molar-refractivity contribution in [1.82, 2.24) is 14.3 Å². The summed E-state index contributed by atoms with van der Waals surface area (Å²) in [5.41, 5.74) is 6.68. The minimum Gasteiger partial charge on any atom is -0.493 e. The molecule has 0 saturated carbocycles. The van der Waals surface area contributed by atoms with Gasteiger partial charge in [-0.3, -0.25) is 0 Å². The number of β-amino-alcohol motifs (C(OH)–C–C–N with tert-alkyl or cyclic N) is 1. The first-order valence-electron chi connectivity index (χ1n) is 8.68. The lowest BCUT2D eigenvalue weighted by Crippen LogP contribution is -2.33. The van der Waals surface area contributed by atoms with Gasteiger partial charge in [0.05, 0.1) is 31.6 Å². The van der Waals surface area contributed by atoms with Gasteiger partial charge >= 0.3 is 0 Å². The van der Waals surface area contributed by atoms with Crippen LogP contribution in [0.2, 0.25) is 0 Å². The Morgan fingerprint density at radius 3 is 2.46 bits per heavy atom. The van der Waals surface area contributed by atoms with Gasteiger partial charge in [0.1, 0.15) is 5.82 Å². The number of hydrogen-bond acceptors (Lipinski definition) is 9. The Kier molecular flexibility index (Phi) is 5.50. The maximum atomic E-state index is 12.2. The van der Waals surface area contributed by atoms with Gasteiger partial charge in [-0.15, -0.1) is 0 Å². The van der Waals surface area contributed by atoms with Gasteiger partial charge in [-0.2, -0.15) is 4.98 Å². The Hall–Kier alpha value is -2.37. The molecule has 0 radical (unpaired) electrons. The van der Waals surface area contributed by atoms with Crippen LogP contribution in [0, 0.1) is 5.92 Å². The van der Waals surface area contributed by atoms with E-state index in [0.29, 0.717) is 34.9 Å². The molecule has 10 nitrogen and oxygen atoms in total. The van der Waals surface area contributed by atoms with Gasteiger partial charge in [-0.25, -0.2) is 17.7 Å². The summed E-state index contributed by atoms with van der Waals surface area (Å²) in [7, 11) is 2.58. The molecule has 1 fully saturated rings. The van der Waals surface area contributed by atoms with Gasteiger partial charge in [0.2, 0.25) is 16.0 Å². The lowest BCUT2D eigenvalue weighted by molar-refractivity contribution is 0.157. The Labute approximate surface area is 163 Å². The van der Waals surface area contributed by atoms with E-state index in [-0.39, 0.29) is 18.1 Å². The first-order chi connectivity index (χ1) is 13.2. The van der Waals surface area contributed by atoms with Crippen LogP contribution in [-0.4, -0.2) is 81.1 Å². The maximum Gasteiger partial charge on any atom is 0.227 e. The molecule has 1 aliphatic rings. The smallest absolute Gasteiger partial charge is 0.227 e. The van der Waals surface area contributed by atoms with Crippen molar-refractivity contribution >= 4 is 32.7 Å². The number of hydrogen-bond donors (Lipinski definition) is 2. The Bertz CT molecular complexity index is 982. The molecular formula is C17H25N5O5S. The maximum absolute atomic E-state index is 12.2. The summed E-state index contributed by atoms with van der Waals surface area (Å²) in [5.74, 6) is 1.03. The number of sulfonamides is 1. The predicted octanol–water partition coefficient (Wildman–Crippen LogP) is -0.0823. The van der Waals surface area contributed by atoms with E-state index in [1.54, 1.807) is 17.0 Å². The molecule has 1 aliphatic heterocycles. The number of nitrogens with zero attached hydrogens (tertiary/aromatic N) is 4. The van der Waals surface area contributed by atoms with Crippen LogP contribution in [0.25, 0.3) is 10.9 Å². The second-order valence-corrected chi connectivity index (χ2v) is 9.15. The van der Waals surface area contributed by atoms with Crippen LogP contribution in [0.4, 0.5) is 11.8 Å². The van der Waals surface area contributed by atoms with Crippen molar-refractivity contribution in [3.63, 3.8) is 0 Å². The van der Waals surface area contributed by atoms with Gasteiger partial charge in [0.15, 0.2) is 11.5 Å². The van der Waals surface area contributed by atoms with Crippen LogP contribution in [0.5, 0.6) is 11.5 Å². The highest BCUT2D eigenvalue weighted by Crippen LogP contribution is 2.34. The topological polar surface area (TPSA) is 131 Å². The van der Waals surface area contributed by atoms with Crippen LogP contribution in [0.3, 0.4) is 0 Å². The number of anilines is 2. The molecule has 0 bridgehead atoms. The van der Waals surface area contributed by atoms with Crippen LogP contribution in [0.1, 0.15) is 0 Å². The molecule has 11 heteroatoms. The van der Waals surface area contributed by atoms with Crippen molar-refractivity contribution in [1.29, 1.82) is 0 Å². The lowest BCUT2D eigenvalue weighted by Gasteiger charge is -2.18. The lowest BCUT2D eigenvalue weighted by atomic mass is 10.1. The number of aromatic nitrogens is 2. The Morgan fingerprint density at radius 1 is 1.21 bits per heavy atom. The minimum absolute atomic E-state index is 0.147. The average Bonchev–Trinajstić information content (AvgIpc) is 3.00. The SMILES string of the molecule is COc1cc2nc(N3C[C@@H](CS(=O)(=O)N(C)C)[C@H](O)C3)nc(N)c2cc1OC. The molecule has 0 aliphatic carbocycles. The molecule has 0 amide bonds. The first-order valence-corrected chi connectivity index (χ1v) is 10.3. The molecule has 2 atom stereocenters. The Morgan fingerprint density at radius 2 is 1.86 bits per heavy atom. The quantitative estimate of drug-likeness (QED) is 0.670. The first kappa shape index (κ1) is 20.4. The van der Waals surface area contributed by atoms with E-state index >= 15 is 0 Å². The summed E-state index contributed by atoms with van der Waals surface area (Å²) < 4.78 is 36.1. The van der Waals surface area contributed by atoms with Crippen molar-refractivity contribution in [3.05, 3.63) is 12.1 Å². The molecular weight excluding hydrogens is 386 g/mol. The van der Waals surface area contributed by atoms with E-state index in [9.17, 15) is 13.5 Å². The summed E-state index contributed by atoms with van der Waals surface area (Å²) in [4.78, 5) is 10.6. The van der Waals surface area contributed by atoms with Crippen molar-refractivity contribution in [3.8, 4) is 11.5 Å². The number of benzene rings is 1. The zero-order valence-corrected chi connectivity index (χ0v) is 17.1. The van der Waals surface area contributed by atoms with E-state index in [1.807, 2.05) is 0 Å². The normalized spacial score (nSPS) is 20.1. The molecule has 28 heavy (non-hydrogen) atoms. The average molecular weight is 411 g/mol. The molecule has 0 spiro atoms. The highest BCUT2D eigenvalue weighted by molar-refractivity contribution is 7.89. The fourth-order valence-electron chi connectivity index (χ4n) is 3.21. The number of aliphatic hydroxyl groups excluding tert-OH is 1. The monoisotopic (exact) mass is 411 g/mol. The van der Waals surface area contributed by atoms with Gasteiger partial charge < -0.3 is 25.2 Å². The number of aliphatic hydroxyl groups is 1. The van der Waals surface area contributed by atoms with Crippen molar-refractivity contribution < 1.29 is 23.0 Å². The fraction of sp³-hybridized carbons (Fsp3) is 0.529. The molecule has 2 aromatic rings. The molecule has 3 N–H and O–H groups in total. The second kappa shape index (κ2) is 7.57. The zero-order chi connectivity index (χ0) is 20.6. The highest BCUT2D eigenvalue weighted by atomic mass is 32.2. The molecule has 2 heterocycles. The van der Waals surface area contributed by atoms with Crippen LogP contribution in [-0.2, 0) is 10.0 Å². The summed E-state index contributed by atoms with van der Waals surface area (Å²) in [6.07, 6.45) is -0.805. The number of methoxy groups -OCH3 is 2. The molecule has 1 saturated heterocycles. The fourth-order valence-corrected chi connectivity index (χ4v) is 4.38. The molecule has 3 rings (SSSR count). The van der Waals surface area contributed by atoms with Gasteiger partial charge in [-0.1, -0.05) is 0 Å². The molecule has 1 aromatic heterocycles. The number of rotatable bonds is 6. The zero-order valence-electron chi connectivity index (χ0n) is 16.3. The summed E-state index contributed by atoms with van der Waals surface area (Å²) >= 11 is 0. The third-order valence-corrected chi connectivity index (χ3v) is 6.85. The minimum atomic E-state index is -3.43. The molecule has 1 aromatic carbocycles. The van der Waals surface area contributed by atoms with Crippen LogP contribution >= 0.6 is 0 Å². The number of nitrogens with two attached hydrogens (primary N) is 1.